The standard InChI is InChI=1S/C19H12N4/c20-11-14-6-7-19-18(9-14)22-13-23(19)17-5-1-3-15(10-17)16-4-2-8-21-12-16/h1-10,12-13H. The number of aromatic nitrogens is 3. The van der Waals surface area contributed by atoms with Crippen LogP contribution in [0.4, 0.5) is 0 Å². The maximum absolute atomic E-state index is 8.99. The van der Waals surface area contributed by atoms with E-state index < -0.39 is 0 Å². The average molecular weight is 296 g/mol. The molecular formula is C19H12N4. The van der Waals surface area contributed by atoms with Gasteiger partial charge in [0.25, 0.3) is 0 Å². The van der Waals surface area contributed by atoms with Crippen molar-refractivity contribution in [3.05, 3.63) is 78.9 Å². The molecule has 23 heavy (non-hydrogen) atoms. The fourth-order valence-electron chi connectivity index (χ4n) is 2.66. The molecule has 0 spiro atoms. The van der Waals surface area contributed by atoms with E-state index in [2.05, 4.69) is 28.2 Å². The lowest BCUT2D eigenvalue weighted by Crippen LogP contribution is -1.92. The Morgan fingerprint density at radius 2 is 1.87 bits per heavy atom. The van der Waals surface area contributed by atoms with Gasteiger partial charge in [-0.1, -0.05) is 18.2 Å². The molecule has 0 atom stereocenters. The molecular weight excluding hydrogens is 284 g/mol. The third-order valence-corrected chi connectivity index (χ3v) is 3.80. The fraction of sp³-hybridized carbons (Fsp3) is 0. The largest absolute Gasteiger partial charge is 0.299 e. The van der Waals surface area contributed by atoms with E-state index in [1.807, 2.05) is 47.2 Å². The van der Waals surface area contributed by atoms with Crippen LogP contribution >= 0.6 is 0 Å². The SMILES string of the molecule is N#Cc1ccc2c(c1)ncn2-c1cccc(-c2cccnc2)c1. The maximum atomic E-state index is 8.99. The molecule has 0 aliphatic heterocycles. The molecule has 2 aromatic heterocycles. The third-order valence-electron chi connectivity index (χ3n) is 3.80. The summed E-state index contributed by atoms with van der Waals surface area (Å²) in [6.07, 6.45) is 5.40. The first kappa shape index (κ1) is 13.2. The van der Waals surface area contributed by atoms with E-state index in [1.165, 1.54) is 0 Å². The molecule has 2 heterocycles. The Morgan fingerprint density at radius 3 is 2.70 bits per heavy atom. The van der Waals surface area contributed by atoms with Crippen LogP contribution in [0.25, 0.3) is 27.8 Å². The van der Waals surface area contributed by atoms with Crippen LogP contribution in [0.1, 0.15) is 5.56 Å². The van der Waals surface area contributed by atoms with E-state index in [1.54, 1.807) is 18.6 Å². The van der Waals surface area contributed by atoms with Gasteiger partial charge in [-0.3, -0.25) is 9.55 Å². The summed E-state index contributed by atoms with van der Waals surface area (Å²) in [4.78, 5) is 8.58. The molecule has 0 aliphatic rings. The summed E-state index contributed by atoms with van der Waals surface area (Å²) in [5, 5.41) is 8.99. The van der Waals surface area contributed by atoms with Gasteiger partial charge in [0.05, 0.1) is 22.7 Å². The maximum Gasteiger partial charge on any atom is 0.100 e. The summed E-state index contributed by atoms with van der Waals surface area (Å²) in [7, 11) is 0. The number of hydrogen-bond acceptors (Lipinski definition) is 3. The minimum atomic E-state index is 0.617. The highest BCUT2D eigenvalue weighted by Crippen LogP contribution is 2.24. The number of benzene rings is 2. The van der Waals surface area contributed by atoms with Gasteiger partial charge in [0.15, 0.2) is 0 Å². The lowest BCUT2D eigenvalue weighted by atomic mass is 10.1. The summed E-state index contributed by atoms with van der Waals surface area (Å²) in [5.41, 5.74) is 5.62. The summed E-state index contributed by atoms with van der Waals surface area (Å²) < 4.78 is 2.02. The molecule has 0 radical (unpaired) electrons. The smallest absolute Gasteiger partial charge is 0.100 e. The molecule has 0 saturated heterocycles. The zero-order valence-electron chi connectivity index (χ0n) is 12.2. The molecule has 0 bridgehead atoms. The van der Waals surface area contributed by atoms with Crippen LogP contribution in [-0.4, -0.2) is 14.5 Å². The molecule has 0 aliphatic carbocycles. The highest BCUT2D eigenvalue weighted by atomic mass is 15.0. The van der Waals surface area contributed by atoms with Gasteiger partial charge in [0.2, 0.25) is 0 Å². The quantitative estimate of drug-likeness (QED) is 0.562. The number of nitrogens with zero attached hydrogens (tertiary/aromatic N) is 4. The van der Waals surface area contributed by atoms with Gasteiger partial charge in [-0.2, -0.15) is 5.26 Å². The second kappa shape index (κ2) is 5.39. The summed E-state index contributed by atoms with van der Waals surface area (Å²) in [6.45, 7) is 0. The van der Waals surface area contributed by atoms with E-state index in [-0.39, 0.29) is 0 Å². The van der Waals surface area contributed by atoms with Crippen molar-refractivity contribution in [3.8, 4) is 22.9 Å². The van der Waals surface area contributed by atoms with Gasteiger partial charge in [-0.15, -0.1) is 0 Å². The van der Waals surface area contributed by atoms with Crippen LogP contribution in [0.15, 0.2) is 73.3 Å². The lowest BCUT2D eigenvalue weighted by Gasteiger charge is -2.07. The van der Waals surface area contributed by atoms with Crippen LogP contribution in [0.2, 0.25) is 0 Å². The van der Waals surface area contributed by atoms with Gasteiger partial charge < -0.3 is 0 Å². The van der Waals surface area contributed by atoms with Gasteiger partial charge in [0, 0.05) is 23.6 Å². The zero-order valence-corrected chi connectivity index (χ0v) is 12.2. The first-order valence-electron chi connectivity index (χ1n) is 7.23. The number of pyridine rings is 1. The first-order chi connectivity index (χ1) is 11.3. The van der Waals surface area contributed by atoms with E-state index in [0.717, 1.165) is 27.8 Å². The molecule has 4 rings (SSSR count). The Bertz CT molecular complexity index is 1030. The van der Waals surface area contributed by atoms with Crippen molar-refractivity contribution in [2.45, 2.75) is 0 Å². The highest BCUT2D eigenvalue weighted by Gasteiger charge is 2.07. The number of nitriles is 1. The molecule has 0 saturated carbocycles. The molecule has 2 aromatic carbocycles. The molecule has 4 aromatic rings. The Kier molecular flexibility index (Phi) is 3.10. The van der Waals surface area contributed by atoms with Gasteiger partial charge in [0.1, 0.15) is 6.33 Å². The van der Waals surface area contributed by atoms with Crippen molar-refractivity contribution in [3.63, 3.8) is 0 Å². The second-order valence-electron chi connectivity index (χ2n) is 5.22. The van der Waals surface area contributed by atoms with Crippen molar-refractivity contribution < 1.29 is 0 Å². The van der Waals surface area contributed by atoms with Crippen LogP contribution in [0, 0.1) is 11.3 Å². The van der Waals surface area contributed by atoms with E-state index >= 15 is 0 Å². The monoisotopic (exact) mass is 296 g/mol. The van der Waals surface area contributed by atoms with Gasteiger partial charge >= 0.3 is 0 Å². The number of rotatable bonds is 2. The number of hydrogen-bond donors (Lipinski definition) is 0. The Labute approximate surface area is 133 Å². The van der Waals surface area contributed by atoms with Crippen LogP contribution in [0.5, 0.6) is 0 Å². The molecule has 4 nitrogen and oxygen atoms in total. The molecule has 108 valence electrons. The number of fused-ring (bicyclic) bond motifs is 1. The topological polar surface area (TPSA) is 54.5 Å². The Balaban J connectivity index is 1.84. The third kappa shape index (κ3) is 2.34. The van der Waals surface area contributed by atoms with Crippen molar-refractivity contribution in [1.29, 1.82) is 5.26 Å². The summed E-state index contributed by atoms with van der Waals surface area (Å²) in [6, 6.07) is 19.9. The predicted molar refractivity (Wildman–Crippen MR) is 89.0 cm³/mol. The average Bonchev–Trinajstić information content (AvgIpc) is 3.05. The summed E-state index contributed by atoms with van der Waals surface area (Å²) >= 11 is 0. The zero-order chi connectivity index (χ0) is 15.6. The minimum absolute atomic E-state index is 0.617. The van der Waals surface area contributed by atoms with Gasteiger partial charge in [-0.25, -0.2) is 4.98 Å². The van der Waals surface area contributed by atoms with E-state index in [9.17, 15) is 0 Å². The van der Waals surface area contributed by atoms with Crippen molar-refractivity contribution in [1.82, 2.24) is 14.5 Å². The van der Waals surface area contributed by atoms with Crippen molar-refractivity contribution >= 4 is 11.0 Å². The molecule has 4 heteroatoms. The number of imidazole rings is 1. The van der Waals surface area contributed by atoms with Crippen molar-refractivity contribution in [2.24, 2.45) is 0 Å². The highest BCUT2D eigenvalue weighted by molar-refractivity contribution is 5.79. The molecule has 0 N–H and O–H groups in total. The van der Waals surface area contributed by atoms with E-state index in [4.69, 9.17) is 5.26 Å². The predicted octanol–water partition coefficient (Wildman–Crippen LogP) is 3.96. The van der Waals surface area contributed by atoms with Crippen LogP contribution in [0.3, 0.4) is 0 Å². The van der Waals surface area contributed by atoms with E-state index in [0.29, 0.717) is 5.56 Å². The Hall–Kier alpha value is -3.45. The van der Waals surface area contributed by atoms with Crippen LogP contribution in [-0.2, 0) is 0 Å². The minimum Gasteiger partial charge on any atom is -0.299 e. The first-order valence-corrected chi connectivity index (χ1v) is 7.23. The second-order valence-corrected chi connectivity index (χ2v) is 5.22. The fourth-order valence-corrected chi connectivity index (χ4v) is 2.66. The molecule has 0 fully saturated rings. The van der Waals surface area contributed by atoms with Gasteiger partial charge in [-0.05, 0) is 42.0 Å². The van der Waals surface area contributed by atoms with Crippen LogP contribution < -0.4 is 0 Å². The molecule has 0 unspecified atom stereocenters. The molecule has 0 amide bonds. The lowest BCUT2D eigenvalue weighted by molar-refractivity contribution is 1.09. The normalized spacial score (nSPS) is 10.6. The van der Waals surface area contributed by atoms with Crippen molar-refractivity contribution in [2.75, 3.05) is 0 Å². The summed E-state index contributed by atoms with van der Waals surface area (Å²) in [5.74, 6) is 0. The Morgan fingerprint density at radius 1 is 0.957 bits per heavy atom.